The molecule has 1 atom stereocenters. The van der Waals surface area contributed by atoms with Crippen molar-refractivity contribution in [3.63, 3.8) is 0 Å². The number of hydrogen-bond donors (Lipinski definition) is 2. The van der Waals surface area contributed by atoms with E-state index in [1.165, 1.54) is 11.0 Å². The number of carbonyl (C=O) groups is 1. The zero-order valence-electron chi connectivity index (χ0n) is 8.70. The van der Waals surface area contributed by atoms with Crippen LogP contribution in [0.15, 0.2) is 24.3 Å². The zero-order chi connectivity index (χ0) is 11.4. The Morgan fingerprint density at radius 2 is 2.13 bits per heavy atom. The molecular weight excluding hydrogens is 197 g/mol. The molecule has 82 valence electrons. The standard InChI is InChI=1S/C10H14FN3O/c1-7(14(2)10(15)13-12)8-5-3-4-6-9(8)11/h3-7H,12H2,1-2H3,(H,13,15). The molecular formula is C10H14FN3O. The monoisotopic (exact) mass is 211 g/mol. The van der Waals surface area contributed by atoms with Gasteiger partial charge in [-0.05, 0) is 13.0 Å². The number of benzene rings is 1. The molecule has 0 bridgehead atoms. The van der Waals surface area contributed by atoms with Gasteiger partial charge in [-0.25, -0.2) is 15.0 Å². The first-order chi connectivity index (χ1) is 7.07. The second kappa shape index (κ2) is 4.75. The Morgan fingerprint density at radius 1 is 1.53 bits per heavy atom. The number of hydrazine groups is 1. The van der Waals surface area contributed by atoms with Gasteiger partial charge in [0.1, 0.15) is 5.82 Å². The van der Waals surface area contributed by atoms with Crippen molar-refractivity contribution in [3.05, 3.63) is 35.6 Å². The highest BCUT2D eigenvalue weighted by Gasteiger charge is 2.18. The van der Waals surface area contributed by atoms with Gasteiger partial charge in [-0.1, -0.05) is 18.2 Å². The van der Waals surface area contributed by atoms with E-state index in [4.69, 9.17) is 5.84 Å². The van der Waals surface area contributed by atoms with Crippen molar-refractivity contribution in [2.75, 3.05) is 7.05 Å². The maximum absolute atomic E-state index is 13.4. The fourth-order valence-corrected chi connectivity index (χ4v) is 1.30. The van der Waals surface area contributed by atoms with Gasteiger partial charge < -0.3 is 4.90 Å². The summed E-state index contributed by atoms with van der Waals surface area (Å²) in [4.78, 5) is 12.5. The van der Waals surface area contributed by atoms with Gasteiger partial charge in [0.2, 0.25) is 0 Å². The van der Waals surface area contributed by atoms with Crippen molar-refractivity contribution in [2.24, 2.45) is 5.84 Å². The number of halogens is 1. The van der Waals surface area contributed by atoms with Crippen molar-refractivity contribution >= 4 is 6.03 Å². The van der Waals surface area contributed by atoms with Crippen LogP contribution in [0.4, 0.5) is 9.18 Å². The summed E-state index contributed by atoms with van der Waals surface area (Å²) >= 11 is 0. The number of amides is 2. The molecule has 0 aromatic heterocycles. The van der Waals surface area contributed by atoms with E-state index >= 15 is 0 Å². The van der Waals surface area contributed by atoms with E-state index in [-0.39, 0.29) is 11.9 Å². The lowest BCUT2D eigenvalue weighted by Gasteiger charge is -2.24. The van der Waals surface area contributed by atoms with Gasteiger partial charge >= 0.3 is 6.03 Å². The van der Waals surface area contributed by atoms with Crippen LogP contribution in [0.5, 0.6) is 0 Å². The zero-order valence-corrected chi connectivity index (χ0v) is 8.70. The summed E-state index contributed by atoms with van der Waals surface area (Å²) in [6, 6.07) is 5.51. The molecule has 15 heavy (non-hydrogen) atoms. The van der Waals surface area contributed by atoms with Crippen molar-refractivity contribution in [1.82, 2.24) is 10.3 Å². The SMILES string of the molecule is CC(c1ccccc1F)N(C)C(=O)NN. The molecule has 1 aromatic carbocycles. The Morgan fingerprint density at radius 3 is 2.67 bits per heavy atom. The van der Waals surface area contributed by atoms with E-state index in [0.717, 1.165) is 0 Å². The second-order valence-electron chi connectivity index (χ2n) is 3.26. The topological polar surface area (TPSA) is 58.4 Å². The normalized spacial score (nSPS) is 12.0. The number of nitrogens with two attached hydrogens (primary N) is 1. The van der Waals surface area contributed by atoms with Crippen LogP contribution in [0.2, 0.25) is 0 Å². The highest BCUT2D eigenvalue weighted by molar-refractivity contribution is 5.73. The van der Waals surface area contributed by atoms with Gasteiger partial charge in [-0.2, -0.15) is 0 Å². The average molecular weight is 211 g/mol. The number of rotatable bonds is 2. The first-order valence-corrected chi connectivity index (χ1v) is 4.55. The van der Waals surface area contributed by atoms with Gasteiger partial charge in [0, 0.05) is 12.6 Å². The van der Waals surface area contributed by atoms with Crippen LogP contribution in [0.25, 0.3) is 0 Å². The minimum Gasteiger partial charge on any atom is -0.320 e. The first kappa shape index (κ1) is 11.5. The predicted octanol–water partition coefficient (Wildman–Crippen LogP) is 1.40. The minimum absolute atomic E-state index is 0.332. The van der Waals surface area contributed by atoms with Crippen LogP contribution in [0.1, 0.15) is 18.5 Å². The van der Waals surface area contributed by atoms with E-state index in [9.17, 15) is 9.18 Å². The molecule has 0 heterocycles. The second-order valence-corrected chi connectivity index (χ2v) is 3.26. The van der Waals surface area contributed by atoms with E-state index in [2.05, 4.69) is 0 Å². The third kappa shape index (κ3) is 2.44. The highest BCUT2D eigenvalue weighted by atomic mass is 19.1. The highest BCUT2D eigenvalue weighted by Crippen LogP contribution is 2.21. The third-order valence-electron chi connectivity index (χ3n) is 2.38. The molecule has 4 nitrogen and oxygen atoms in total. The fourth-order valence-electron chi connectivity index (χ4n) is 1.30. The summed E-state index contributed by atoms with van der Waals surface area (Å²) in [5.74, 6) is 4.66. The van der Waals surface area contributed by atoms with Gasteiger partial charge in [-0.15, -0.1) is 0 Å². The van der Waals surface area contributed by atoms with Crippen LogP contribution in [0.3, 0.4) is 0 Å². The Kier molecular flexibility index (Phi) is 3.62. The number of hydrogen-bond acceptors (Lipinski definition) is 2. The molecule has 2 amide bonds. The van der Waals surface area contributed by atoms with Gasteiger partial charge in [0.25, 0.3) is 0 Å². The molecule has 1 unspecified atom stereocenters. The molecule has 0 saturated heterocycles. The number of nitrogens with one attached hydrogen (secondary N) is 1. The third-order valence-corrected chi connectivity index (χ3v) is 2.38. The number of urea groups is 1. The van der Waals surface area contributed by atoms with Crippen molar-refractivity contribution in [1.29, 1.82) is 0 Å². The quantitative estimate of drug-likeness (QED) is 0.441. The molecule has 0 aliphatic rings. The van der Waals surface area contributed by atoms with E-state index in [1.54, 1.807) is 32.2 Å². The molecule has 0 aliphatic heterocycles. The molecule has 0 aliphatic carbocycles. The summed E-state index contributed by atoms with van der Waals surface area (Å²) < 4.78 is 13.4. The van der Waals surface area contributed by atoms with Crippen molar-refractivity contribution in [3.8, 4) is 0 Å². The Bertz CT molecular complexity index is 356. The van der Waals surface area contributed by atoms with Gasteiger partial charge in [0.05, 0.1) is 6.04 Å². The molecule has 0 fully saturated rings. The molecule has 5 heteroatoms. The Balaban J connectivity index is 2.89. The Hall–Kier alpha value is -1.62. The number of carbonyl (C=O) groups excluding carboxylic acids is 1. The van der Waals surface area contributed by atoms with Crippen molar-refractivity contribution < 1.29 is 9.18 Å². The van der Waals surface area contributed by atoms with Crippen LogP contribution in [-0.4, -0.2) is 18.0 Å². The van der Waals surface area contributed by atoms with Crippen LogP contribution in [0, 0.1) is 5.82 Å². The van der Waals surface area contributed by atoms with Crippen LogP contribution < -0.4 is 11.3 Å². The van der Waals surface area contributed by atoms with E-state index in [0.29, 0.717) is 5.56 Å². The van der Waals surface area contributed by atoms with Gasteiger partial charge in [-0.3, -0.25) is 5.43 Å². The molecule has 0 saturated carbocycles. The molecule has 0 spiro atoms. The van der Waals surface area contributed by atoms with Gasteiger partial charge in [0.15, 0.2) is 0 Å². The fraction of sp³-hybridized carbons (Fsp3) is 0.300. The summed E-state index contributed by atoms with van der Waals surface area (Å²) in [5.41, 5.74) is 2.46. The predicted molar refractivity (Wildman–Crippen MR) is 55.3 cm³/mol. The average Bonchev–Trinajstić information content (AvgIpc) is 2.26. The smallest absolute Gasteiger partial charge is 0.320 e. The summed E-state index contributed by atoms with van der Waals surface area (Å²) in [7, 11) is 1.55. The van der Waals surface area contributed by atoms with Crippen LogP contribution in [-0.2, 0) is 0 Å². The summed E-state index contributed by atoms with van der Waals surface area (Å²) in [6.07, 6.45) is 0. The maximum Gasteiger partial charge on any atom is 0.331 e. The maximum atomic E-state index is 13.4. The van der Waals surface area contributed by atoms with E-state index < -0.39 is 6.03 Å². The lowest BCUT2D eigenvalue weighted by Crippen LogP contribution is -2.42. The number of nitrogens with zero attached hydrogens (tertiary/aromatic N) is 1. The Labute approximate surface area is 87.8 Å². The largest absolute Gasteiger partial charge is 0.331 e. The first-order valence-electron chi connectivity index (χ1n) is 4.55. The van der Waals surface area contributed by atoms with E-state index in [1.807, 2.05) is 5.43 Å². The minimum atomic E-state index is -0.453. The van der Waals surface area contributed by atoms with Crippen molar-refractivity contribution in [2.45, 2.75) is 13.0 Å². The lowest BCUT2D eigenvalue weighted by molar-refractivity contribution is 0.193. The molecule has 1 rings (SSSR count). The molecule has 3 N–H and O–H groups in total. The summed E-state index contributed by atoms with van der Waals surface area (Å²) in [5, 5.41) is 0. The lowest BCUT2D eigenvalue weighted by atomic mass is 10.1. The molecule has 1 aromatic rings. The molecule has 0 radical (unpaired) electrons. The van der Waals surface area contributed by atoms with Crippen LogP contribution >= 0.6 is 0 Å². The summed E-state index contributed by atoms with van der Waals surface area (Å²) in [6.45, 7) is 1.73.